The van der Waals surface area contributed by atoms with Crippen molar-refractivity contribution in [3.63, 3.8) is 0 Å². The van der Waals surface area contributed by atoms with Crippen LogP contribution in [0.2, 0.25) is 5.02 Å². The number of carbonyl (C=O) groups excluding carboxylic acids is 1. The van der Waals surface area contributed by atoms with Gasteiger partial charge in [0.2, 0.25) is 6.10 Å². The van der Waals surface area contributed by atoms with Gasteiger partial charge in [-0.1, -0.05) is 11.6 Å². The molecule has 1 atom stereocenters. The molecule has 0 saturated heterocycles. The van der Waals surface area contributed by atoms with E-state index in [0.29, 0.717) is 5.56 Å². The van der Waals surface area contributed by atoms with E-state index in [1.165, 1.54) is 6.07 Å². The number of aliphatic imine (C=N–C) groups is 1. The van der Waals surface area contributed by atoms with E-state index in [4.69, 9.17) is 22.1 Å². The first-order chi connectivity index (χ1) is 7.06. The lowest BCUT2D eigenvalue weighted by Gasteiger charge is -2.08. The summed E-state index contributed by atoms with van der Waals surface area (Å²) in [7, 11) is 0. The molecule has 0 aliphatic carbocycles. The molecule has 78 valence electrons. The SMILES string of the molecule is NC1=NC(=O)C(c2cc(F)cc(Cl)c2)O1. The Hall–Kier alpha value is -1.62. The zero-order valence-electron chi connectivity index (χ0n) is 7.41. The van der Waals surface area contributed by atoms with Gasteiger partial charge >= 0.3 is 0 Å². The monoisotopic (exact) mass is 228 g/mol. The third-order valence-corrected chi connectivity index (χ3v) is 2.09. The van der Waals surface area contributed by atoms with Crippen LogP contribution in [0.4, 0.5) is 4.39 Å². The topological polar surface area (TPSA) is 64.7 Å². The smallest absolute Gasteiger partial charge is 0.296 e. The molecule has 0 radical (unpaired) electrons. The quantitative estimate of drug-likeness (QED) is 0.790. The van der Waals surface area contributed by atoms with Crippen LogP contribution in [0.3, 0.4) is 0 Å². The molecular formula is C9H6ClFN2O2. The highest BCUT2D eigenvalue weighted by molar-refractivity contribution is 6.30. The van der Waals surface area contributed by atoms with Crippen molar-refractivity contribution in [1.29, 1.82) is 0 Å². The van der Waals surface area contributed by atoms with Crippen molar-refractivity contribution in [1.82, 2.24) is 0 Å². The Labute approximate surface area is 89.5 Å². The van der Waals surface area contributed by atoms with Crippen molar-refractivity contribution in [2.24, 2.45) is 10.7 Å². The minimum absolute atomic E-state index is 0.187. The van der Waals surface area contributed by atoms with E-state index in [0.717, 1.165) is 12.1 Å². The molecule has 0 bridgehead atoms. The van der Waals surface area contributed by atoms with E-state index in [1.807, 2.05) is 0 Å². The average molecular weight is 229 g/mol. The van der Waals surface area contributed by atoms with Gasteiger partial charge in [-0.15, -0.1) is 0 Å². The van der Waals surface area contributed by atoms with Crippen molar-refractivity contribution >= 4 is 23.5 Å². The summed E-state index contributed by atoms with van der Waals surface area (Å²) in [5.41, 5.74) is 5.51. The number of carbonyl (C=O) groups is 1. The number of nitrogens with two attached hydrogens (primary N) is 1. The third kappa shape index (κ3) is 1.92. The molecule has 1 aliphatic rings. The van der Waals surface area contributed by atoms with Crippen molar-refractivity contribution in [3.8, 4) is 0 Å². The summed E-state index contributed by atoms with van der Waals surface area (Å²) in [6.07, 6.45) is -0.988. The third-order valence-electron chi connectivity index (χ3n) is 1.87. The number of ether oxygens (including phenoxy) is 1. The van der Waals surface area contributed by atoms with Gasteiger partial charge in [0.1, 0.15) is 5.82 Å². The van der Waals surface area contributed by atoms with E-state index in [9.17, 15) is 9.18 Å². The minimum Gasteiger partial charge on any atom is -0.447 e. The van der Waals surface area contributed by atoms with Crippen LogP contribution in [0.5, 0.6) is 0 Å². The minimum atomic E-state index is -0.988. The van der Waals surface area contributed by atoms with Crippen molar-refractivity contribution < 1.29 is 13.9 Å². The highest BCUT2D eigenvalue weighted by atomic mass is 35.5. The molecule has 4 nitrogen and oxygen atoms in total. The second kappa shape index (κ2) is 3.51. The molecule has 0 aromatic heterocycles. The maximum absolute atomic E-state index is 13.0. The Morgan fingerprint density at radius 3 is 2.73 bits per heavy atom. The van der Waals surface area contributed by atoms with Gasteiger partial charge in [0.15, 0.2) is 0 Å². The Morgan fingerprint density at radius 2 is 2.20 bits per heavy atom. The van der Waals surface area contributed by atoms with E-state index < -0.39 is 17.8 Å². The predicted molar refractivity (Wildman–Crippen MR) is 51.9 cm³/mol. The van der Waals surface area contributed by atoms with Crippen LogP contribution < -0.4 is 5.73 Å². The van der Waals surface area contributed by atoms with Crippen LogP contribution in [0.1, 0.15) is 11.7 Å². The fourth-order valence-electron chi connectivity index (χ4n) is 1.30. The second-order valence-corrected chi connectivity index (χ2v) is 3.43. The number of hydrogen-bond donors (Lipinski definition) is 1. The number of hydrogen-bond acceptors (Lipinski definition) is 3. The Morgan fingerprint density at radius 1 is 1.47 bits per heavy atom. The van der Waals surface area contributed by atoms with Gasteiger partial charge in [-0.2, -0.15) is 4.99 Å². The van der Waals surface area contributed by atoms with Crippen molar-refractivity contribution in [2.45, 2.75) is 6.10 Å². The highest BCUT2D eigenvalue weighted by Crippen LogP contribution is 2.26. The summed E-state index contributed by atoms with van der Waals surface area (Å²) < 4.78 is 17.9. The second-order valence-electron chi connectivity index (χ2n) is 2.99. The average Bonchev–Trinajstić information content (AvgIpc) is 2.43. The molecule has 1 aromatic rings. The molecule has 0 spiro atoms. The lowest BCUT2D eigenvalue weighted by molar-refractivity contribution is -0.122. The van der Waals surface area contributed by atoms with Crippen LogP contribution in [0.15, 0.2) is 23.2 Å². The fraction of sp³-hybridized carbons (Fsp3) is 0.111. The number of benzene rings is 1. The number of amidine groups is 1. The van der Waals surface area contributed by atoms with Crippen LogP contribution >= 0.6 is 11.6 Å². The number of nitrogens with zero attached hydrogens (tertiary/aromatic N) is 1. The number of amides is 1. The first-order valence-electron chi connectivity index (χ1n) is 4.07. The van der Waals surface area contributed by atoms with Crippen LogP contribution in [0, 0.1) is 5.82 Å². The first kappa shape index (κ1) is 9.92. The van der Waals surface area contributed by atoms with Gasteiger partial charge in [0.05, 0.1) is 0 Å². The molecule has 6 heteroatoms. The summed E-state index contributed by atoms with van der Waals surface area (Å²) in [4.78, 5) is 14.6. The Bertz CT molecular complexity index is 441. The summed E-state index contributed by atoms with van der Waals surface area (Å²) >= 11 is 5.64. The van der Waals surface area contributed by atoms with E-state index in [2.05, 4.69) is 4.99 Å². The largest absolute Gasteiger partial charge is 0.447 e. The molecule has 1 unspecified atom stereocenters. The van der Waals surface area contributed by atoms with Gasteiger partial charge in [0, 0.05) is 10.6 Å². The fourth-order valence-corrected chi connectivity index (χ4v) is 1.53. The zero-order chi connectivity index (χ0) is 11.0. The maximum atomic E-state index is 13.0. The first-order valence-corrected chi connectivity index (χ1v) is 4.45. The molecule has 1 aromatic carbocycles. The molecule has 15 heavy (non-hydrogen) atoms. The number of rotatable bonds is 1. The van der Waals surface area contributed by atoms with Crippen molar-refractivity contribution in [2.75, 3.05) is 0 Å². The predicted octanol–water partition coefficient (Wildman–Crippen LogP) is 1.39. The normalized spacial score (nSPS) is 20.0. The Kier molecular flexibility index (Phi) is 2.32. The number of halogens is 2. The molecule has 0 fully saturated rings. The van der Waals surface area contributed by atoms with Gasteiger partial charge in [-0.3, -0.25) is 4.79 Å². The van der Waals surface area contributed by atoms with Gasteiger partial charge in [0.25, 0.3) is 11.9 Å². The molecule has 1 heterocycles. The van der Waals surface area contributed by atoms with Gasteiger partial charge < -0.3 is 10.5 Å². The van der Waals surface area contributed by atoms with E-state index in [-0.39, 0.29) is 11.0 Å². The molecule has 0 saturated carbocycles. The zero-order valence-corrected chi connectivity index (χ0v) is 8.16. The van der Waals surface area contributed by atoms with E-state index >= 15 is 0 Å². The molecule has 2 N–H and O–H groups in total. The highest BCUT2D eigenvalue weighted by Gasteiger charge is 2.29. The molecule has 1 aliphatic heterocycles. The summed E-state index contributed by atoms with van der Waals surface area (Å²) in [6.45, 7) is 0. The molecular weight excluding hydrogens is 223 g/mol. The molecule has 1 amide bonds. The molecule has 2 rings (SSSR count). The summed E-state index contributed by atoms with van der Waals surface area (Å²) in [6, 6.07) is 3.50. The lowest BCUT2D eigenvalue weighted by atomic mass is 10.1. The maximum Gasteiger partial charge on any atom is 0.296 e. The van der Waals surface area contributed by atoms with Crippen LogP contribution in [-0.4, -0.2) is 11.9 Å². The lowest BCUT2D eigenvalue weighted by Crippen LogP contribution is -2.14. The van der Waals surface area contributed by atoms with Crippen LogP contribution in [0.25, 0.3) is 0 Å². The van der Waals surface area contributed by atoms with Gasteiger partial charge in [-0.05, 0) is 18.2 Å². The standard InChI is InChI=1S/C9H6ClFN2O2/c10-5-1-4(2-6(11)3-5)7-8(14)13-9(12)15-7/h1-3,7H,(H2,12,13,14). The van der Waals surface area contributed by atoms with Crippen molar-refractivity contribution in [3.05, 3.63) is 34.6 Å². The summed E-state index contributed by atoms with van der Waals surface area (Å²) in [5, 5.41) is 0.187. The van der Waals surface area contributed by atoms with Crippen LogP contribution in [-0.2, 0) is 9.53 Å². The summed E-state index contributed by atoms with van der Waals surface area (Å²) in [5.74, 6) is -1.10. The Balaban J connectivity index is 2.35. The van der Waals surface area contributed by atoms with E-state index in [1.54, 1.807) is 0 Å². The van der Waals surface area contributed by atoms with Gasteiger partial charge in [-0.25, -0.2) is 4.39 Å².